The summed E-state index contributed by atoms with van der Waals surface area (Å²) in [5, 5.41) is 17.7. The number of carbonyl (C=O) groups is 1. The van der Waals surface area contributed by atoms with Crippen LogP contribution in [-0.4, -0.2) is 26.5 Å². The van der Waals surface area contributed by atoms with Crippen molar-refractivity contribution in [3.8, 4) is 5.75 Å². The minimum Gasteiger partial charge on any atom is -0.508 e. The lowest BCUT2D eigenvalue weighted by Crippen LogP contribution is -2.21. The molecule has 0 fully saturated rings. The predicted molar refractivity (Wildman–Crippen MR) is 84.8 cm³/mol. The van der Waals surface area contributed by atoms with Gasteiger partial charge in [0.25, 0.3) is 0 Å². The molecule has 6 nitrogen and oxygen atoms in total. The molecule has 0 unspecified atom stereocenters. The van der Waals surface area contributed by atoms with Gasteiger partial charge >= 0.3 is 0 Å². The van der Waals surface area contributed by atoms with Crippen molar-refractivity contribution in [2.24, 2.45) is 5.10 Å². The van der Waals surface area contributed by atoms with Crippen LogP contribution in [0.4, 0.5) is 0 Å². The summed E-state index contributed by atoms with van der Waals surface area (Å²) >= 11 is 0. The van der Waals surface area contributed by atoms with Gasteiger partial charge in [-0.1, -0.05) is 12.1 Å². The number of hydrogen-bond donors (Lipinski definition) is 2. The summed E-state index contributed by atoms with van der Waals surface area (Å²) in [6, 6.07) is 6.53. The highest BCUT2D eigenvalue weighted by Crippen LogP contribution is 2.10. The van der Waals surface area contributed by atoms with Gasteiger partial charge in [-0.15, -0.1) is 0 Å². The number of nitrogens with one attached hydrogen (secondary N) is 1. The first kappa shape index (κ1) is 15.8. The highest BCUT2D eigenvalue weighted by molar-refractivity contribution is 6.00. The zero-order chi connectivity index (χ0) is 16.1. The SMILES string of the molecule is CCn1cc(/C(C)=N\NC(=O)Cc2ccc(O)cc2)c(C)n1. The maximum Gasteiger partial charge on any atom is 0.244 e. The quantitative estimate of drug-likeness (QED) is 0.654. The number of aromatic hydroxyl groups is 1. The summed E-state index contributed by atoms with van der Waals surface area (Å²) in [6.07, 6.45) is 2.13. The molecule has 1 aromatic carbocycles. The summed E-state index contributed by atoms with van der Waals surface area (Å²) in [7, 11) is 0. The average Bonchev–Trinajstić information content (AvgIpc) is 2.88. The van der Waals surface area contributed by atoms with E-state index in [1.54, 1.807) is 24.3 Å². The largest absolute Gasteiger partial charge is 0.508 e. The van der Waals surface area contributed by atoms with Crippen LogP contribution in [0.1, 0.15) is 30.7 Å². The molecule has 6 heteroatoms. The Morgan fingerprint density at radius 3 is 2.64 bits per heavy atom. The van der Waals surface area contributed by atoms with Crippen molar-refractivity contribution in [3.63, 3.8) is 0 Å². The Bertz CT molecular complexity index is 687. The Hall–Kier alpha value is -2.63. The standard InChI is InChI=1S/C16H20N4O2/c1-4-20-10-15(12(3)19-20)11(2)17-18-16(22)9-13-5-7-14(21)8-6-13/h5-8,10,21H,4,9H2,1-3H3,(H,18,22)/b17-11-. The summed E-state index contributed by atoms with van der Waals surface area (Å²) in [5.41, 5.74) is 5.89. The number of hydrogen-bond acceptors (Lipinski definition) is 4. The molecule has 0 atom stereocenters. The minimum absolute atomic E-state index is 0.182. The maximum absolute atomic E-state index is 11.9. The number of phenols is 1. The van der Waals surface area contributed by atoms with Gasteiger partial charge in [0, 0.05) is 18.3 Å². The van der Waals surface area contributed by atoms with Gasteiger partial charge in [0.15, 0.2) is 0 Å². The van der Waals surface area contributed by atoms with Crippen molar-refractivity contribution in [1.29, 1.82) is 0 Å². The van der Waals surface area contributed by atoms with Crippen molar-refractivity contribution in [2.45, 2.75) is 33.7 Å². The van der Waals surface area contributed by atoms with Gasteiger partial charge in [0.05, 0.1) is 17.8 Å². The number of nitrogens with zero attached hydrogens (tertiary/aromatic N) is 3. The van der Waals surface area contributed by atoms with Crippen LogP contribution < -0.4 is 5.43 Å². The lowest BCUT2D eigenvalue weighted by molar-refractivity contribution is -0.120. The Morgan fingerprint density at radius 2 is 2.05 bits per heavy atom. The number of rotatable bonds is 5. The Morgan fingerprint density at radius 1 is 1.36 bits per heavy atom. The lowest BCUT2D eigenvalue weighted by atomic mass is 10.1. The first-order valence-electron chi connectivity index (χ1n) is 7.15. The van der Waals surface area contributed by atoms with Crippen LogP contribution in [0, 0.1) is 6.92 Å². The molecule has 0 spiro atoms. The average molecular weight is 300 g/mol. The van der Waals surface area contributed by atoms with Crippen molar-refractivity contribution in [1.82, 2.24) is 15.2 Å². The Labute approximate surface area is 129 Å². The molecule has 22 heavy (non-hydrogen) atoms. The second-order valence-corrected chi connectivity index (χ2v) is 5.06. The highest BCUT2D eigenvalue weighted by atomic mass is 16.3. The molecule has 1 aromatic heterocycles. The van der Waals surface area contributed by atoms with Crippen LogP contribution >= 0.6 is 0 Å². The number of phenolic OH excluding ortho intramolecular Hbond substituents is 1. The molecule has 2 rings (SSSR count). The van der Waals surface area contributed by atoms with Crippen LogP contribution in [0.3, 0.4) is 0 Å². The molecule has 0 saturated carbocycles. The van der Waals surface area contributed by atoms with E-state index in [0.29, 0.717) is 0 Å². The van der Waals surface area contributed by atoms with Gasteiger partial charge < -0.3 is 5.11 Å². The van der Waals surface area contributed by atoms with Gasteiger partial charge in [-0.3, -0.25) is 9.48 Å². The monoisotopic (exact) mass is 300 g/mol. The number of aromatic nitrogens is 2. The summed E-state index contributed by atoms with van der Waals surface area (Å²) in [6.45, 7) is 6.56. The molecule has 0 bridgehead atoms. The molecule has 0 aliphatic rings. The third-order valence-corrected chi connectivity index (χ3v) is 3.31. The normalized spacial score (nSPS) is 11.5. The third-order valence-electron chi connectivity index (χ3n) is 3.31. The van der Waals surface area contributed by atoms with Crippen LogP contribution in [0.25, 0.3) is 0 Å². The topological polar surface area (TPSA) is 79.5 Å². The van der Waals surface area contributed by atoms with Gasteiger partial charge in [-0.25, -0.2) is 5.43 Å². The fraction of sp³-hybridized carbons (Fsp3) is 0.312. The van der Waals surface area contributed by atoms with Crippen molar-refractivity contribution < 1.29 is 9.90 Å². The summed E-state index contributed by atoms with van der Waals surface area (Å²) in [4.78, 5) is 11.9. The van der Waals surface area contributed by atoms with E-state index in [4.69, 9.17) is 0 Å². The zero-order valence-corrected chi connectivity index (χ0v) is 13.0. The zero-order valence-electron chi connectivity index (χ0n) is 13.0. The Kier molecular flexibility index (Phi) is 4.93. The van der Waals surface area contributed by atoms with Crippen LogP contribution in [0.5, 0.6) is 5.75 Å². The van der Waals surface area contributed by atoms with Gasteiger partial charge in [-0.2, -0.15) is 10.2 Å². The van der Waals surface area contributed by atoms with Crippen molar-refractivity contribution in [3.05, 3.63) is 47.3 Å². The second-order valence-electron chi connectivity index (χ2n) is 5.06. The number of amides is 1. The predicted octanol–water partition coefficient (Wildman–Crippen LogP) is 2.00. The number of aryl methyl sites for hydroxylation is 2. The van der Waals surface area contributed by atoms with Crippen LogP contribution in [0.2, 0.25) is 0 Å². The molecule has 0 saturated heterocycles. The van der Waals surface area contributed by atoms with E-state index in [1.807, 2.05) is 31.6 Å². The number of benzene rings is 1. The first-order valence-corrected chi connectivity index (χ1v) is 7.15. The molecule has 2 aromatic rings. The molecular formula is C16H20N4O2. The van der Waals surface area contributed by atoms with Gasteiger partial charge in [0.1, 0.15) is 5.75 Å². The fourth-order valence-corrected chi connectivity index (χ4v) is 2.08. The third kappa shape index (κ3) is 3.94. The van der Waals surface area contributed by atoms with E-state index in [9.17, 15) is 9.90 Å². The minimum atomic E-state index is -0.203. The van der Waals surface area contributed by atoms with Crippen molar-refractivity contribution >= 4 is 11.6 Å². The fourth-order valence-electron chi connectivity index (χ4n) is 2.08. The molecule has 0 radical (unpaired) electrons. The first-order chi connectivity index (χ1) is 10.5. The van der Waals surface area contributed by atoms with Crippen molar-refractivity contribution in [2.75, 3.05) is 0 Å². The lowest BCUT2D eigenvalue weighted by Gasteiger charge is -2.03. The summed E-state index contributed by atoms with van der Waals surface area (Å²) < 4.78 is 1.84. The van der Waals surface area contributed by atoms with Gasteiger partial charge in [0.2, 0.25) is 5.91 Å². The van der Waals surface area contributed by atoms with E-state index in [0.717, 1.165) is 29.1 Å². The molecule has 2 N–H and O–H groups in total. The van der Waals surface area contributed by atoms with E-state index < -0.39 is 0 Å². The molecule has 0 aliphatic carbocycles. The molecule has 1 amide bonds. The van der Waals surface area contributed by atoms with Gasteiger partial charge in [-0.05, 0) is 38.5 Å². The molecule has 1 heterocycles. The van der Waals surface area contributed by atoms with E-state index in [-0.39, 0.29) is 18.1 Å². The molecule has 116 valence electrons. The highest BCUT2D eigenvalue weighted by Gasteiger charge is 2.08. The Balaban J connectivity index is 1.99. The number of carbonyl (C=O) groups excluding carboxylic acids is 1. The number of hydrazone groups is 1. The second kappa shape index (κ2) is 6.89. The summed E-state index contributed by atoms with van der Waals surface area (Å²) in [5.74, 6) is -0.0213. The van der Waals surface area contributed by atoms with E-state index in [2.05, 4.69) is 15.6 Å². The van der Waals surface area contributed by atoms with E-state index >= 15 is 0 Å². The smallest absolute Gasteiger partial charge is 0.244 e. The van der Waals surface area contributed by atoms with Crippen LogP contribution in [-0.2, 0) is 17.8 Å². The molecule has 0 aliphatic heterocycles. The van der Waals surface area contributed by atoms with Crippen LogP contribution in [0.15, 0.2) is 35.6 Å². The van der Waals surface area contributed by atoms with E-state index in [1.165, 1.54) is 0 Å². The molecular weight excluding hydrogens is 280 g/mol. The maximum atomic E-state index is 11.9.